The highest BCUT2D eigenvalue weighted by molar-refractivity contribution is 7.92. The van der Waals surface area contributed by atoms with E-state index in [1.165, 1.54) is 48.5 Å². The van der Waals surface area contributed by atoms with Gasteiger partial charge < -0.3 is 4.42 Å². The molecule has 1 N–H and O–H groups in total. The molecule has 164 valence electrons. The number of carbonyl (C=O) groups excluding carboxylic acids is 1. The zero-order valence-electron chi connectivity index (χ0n) is 17.1. The largest absolute Gasteiger partial charge is 0.403 e. The number of rotatable bonds is 7. The highest BCUT2D eigenvalue weighted by Gasteiger charge is 2.21. The van der Waals surface area contributed by atoms with Crippen molar-refractivity contribution in [2.45, 2.75) is 35.8 Å². The fraction of sp³-hybridized carbons (Fsp3) is 0.250. The molecule has 1 heterocycles. The van der Waals surface area contributed by atoms with Crippen molar-refractivity contribution in [1.29, 1.82) is 0 Å². The Morgan fingerprint density at radius 3 is 2.29 bits per heavy atom. The van der Waals surface area contributed by atoms with E-state index in [1.807, 2.05) is 0 Å². The van der Waals surface area contributed by atoms with E-state index in [9.17, 15) is 21.6 Å². The molecule has 9 nitrogen and oxygen atoms in total. The van der Waals surface area contributed by atoms with Gasteiger partial charge in [-0.3, -0.25) is 10.1 Å². The average Bonchev–Trinajstić information content (AvgIpc) is 3.22. The first-order valence-electron chi connectivity index (χ1n) is 9.36. The predicted molar refractivity (Wildman–Crippen MR) is 114 cm³/mol. The number of hydrogen-bond acceptors (Lipinski definition) is 8. The highest BCUT2D eigenvalue weighted by atomic mass is 32.2. The fourth-order valence-corrected chi connectivity index (χ4v) is 4.61. The van der Waals surface area contributed by atoms with E-state index < -0.39 is 30.8 Å². The van der Waals surface area contributed by atoms with E-state index in [4.69, 9.17) is 4.42 Å². The van der Waals surface area contributed by atoms with Crippen molar-refractivity contribution in [1.82, 2.24) is 10.2 Å². The van der Waals surface area contributed by atoms with Gasteiger partial charge in [0.1, 0.15) is 0 Å². The molecule has 0 radical (unpaired) electrons. The van der Waals surface area contributed by atoms with Crippen LogP contribution in [0.5, 0.6) is 0 Å². The van der Waals surface area contributed by atoms with Crippen LogP contribution < -0.4 is 5.32 Å². The summed E-state index contributed by atoms with van der Waals surface area (Å²) in [6.07, 6.45) is 0. The van der Waals surface area contributed by atoms with Crippen LogP contribution in [0.4, 0.5) is 6.01 Å². The predicted octanol–water partition coefficient (Wildman–Crippen LogP) is 2.96. The molecule has 0 aliphatic carbocycles. The molecule has 2 aromatic carbocycles. The van der Waals surface area contributed by atoms with Crippen LogP contribution in [-0.4, -0.2) is 43.9 Å². The Balaban J connectivity index is 1.78. The summed E-state index contributed by atoms with van der Waals surface area (Å²) >= 11 is 0. The number of aromatic nitrogens is 2. The Morgan fingerprint density at radius 1 is 1.00 bits per heavy atom. The molecule has 11 heteroatoms. The van der Waals surface area contributed by atoms with Crippen molar-refractivity contribution >= 4 is 31.6 Å². The SMILES string of the molecule is CCS(=O)(=O)c1ccc(-c2nnc(NC(=O)c3cccc(S(=O)(=O)C(C)C)c3)o2)cc1. The van der Waals surface area contributed by atoms with E-state index in [2.05, 4.69) is 15.5 Å². The third-order valence-corrected chi connectivity index (χ3v) is 8.43. The summed E-state index contributed by atoms with van der Waals surface area (Å²) in [7, 11) is -6.85. The van der Waals surface area contributed by atoms with Gasteiger partial charge in [-0.05, 0) is 56.3 Å². The van der Waals surface area contributed by atoms with Gasteiger partial charge >= 0.3 is 6.01 Å². The van der Waals surface area contributed by atoms with E-state index in [0.717, 1.165) is 0 Å². The van der Waals surface area contributed by atoms with Crippen LogP contribution in [0.15, 0.2) is 62.7 Å². The molecular formula is C20H21N3O6S2. The maximum Gasteiger partial charge on any atom is 0.322 e. The molecule has 0 aliphatic rings. The topological polar surface area (TPSA) is 136 Å². The number of amides is 1. The lowest BCUT2D eigenvalue weighted by atomic mass is 10.2. The van der Waals surface area contributed by atoms with Crippen LogP contribution in [0.2, 0.25) is 0 Å². The molecule has 0 aliphatic heterocycles. The molecule has 0 saturated carbocycles. The lowest BCUT2D eigenvalue weighted by Crippen LogP contribution is -2.16. The van der Waals surface area contributed by atoms with Gasteiger partial charge in [0.2, 0.25) is 5.89 Å². The maximum absolute atomic E-state index is 12.5. The first-order valence-corrected chi connectivity index (χ1v) is 12.6. The monoisotopic (exact) mass is 463 g/mol. The molecule has 0 fully saturated rings. The summed E-state index contributed by atoms with van der Waals surface area (Å²) in [5.41, 5.74) is 0.601. The second-order valence-electron chi connectivity index (χ2n) is 6.92. The molecule has 0 atom stereocenters. The van der Waals surface area contributed by atoms with Crippen molar-refractivity contribution in [3.05, 3.63) is 54.1 Å². The molecule has 0 spiro atoms. The van der Waals surface area contributed by atoms with Gasteiger partial charge in [0, 0.05) is 11.1 Å². The van der Waals surface area contributed by atoms with Crippen molar-refractivity contribution in [2.24, 2.45) is 0 Å². The molecule has 1 aromatic heterocycles. The van der Waals surface area contributed by atoms with Crippen LogP contribution >= 0.6 is 0 Å². The Labute approximate surface area is 180 Å². The van der Waals surface area contributed by atoms with Gasteiger partial charge in [-0.2, -0.15) is 0 Å². The minimum atomic E-state index is -3.53. The lowest BCUT2D eigenvalue weighted by molar-refractivity contribution is 0.102. The quantitative estimate of drug-likeness (QED) is 0.565. The Kier molecular flexibility index (Phi) is 6.27. The number of hydrogen-bond donors (Lipinski definition) is 1. The van der Waals surface area contributed by atoms with Crippen molar-refractivity contribution < 1.29 is 26.0 Å². The number of sulfone groups is 2. The van der Waals surface area contributed by atoms with Crippen molar-refractivity contribution in [3.63, 3.8) is 0 Å². The zero-order valence-corrected chi connectivity index (χ0v) is 18.7. The van der Waals surface area contributed by atoms with E-state index in [-0.39, 0.29) is 33.0 Å². The van der Waals surface area contributed by atoms with Gasteiger partial charge in [-0.25, -0.2) is 16.8 Å². The Hall–Kier alpha value is -3.05. The van der Waals surface area contributed by atoms with Crippen LogP contribution in [0.25, 0.3) is 11.5 Å². The third-order valence-electron chi connectivity index (χ3n) is 4.53. The summed E-state index contributed by atoms with van der Waals surface area (Å²) in [6.45, 7) is 4.68. The third kappa shape index (κ3) is 4.83. The first-order chi connectivity index (χ1) is 14.5. The minimum absolute atomic E-state index is 0.0112. The van der Waals surface area contributed by atoms with E-state index >= 15 is 0 Å². The molecule has 3 aromatic rings. The molecular weight excluding hydrogens is 442 g/mol. The van der Waals surface area contributed by atoms with Gasteiger partial charge in [0.15, 0.2) is 19.7 Å². The lowest BCUT2D eigenvalue weighted by Gasteiger charge is -2.09. The zero-order chi connectivity index (χ0) is 22.8. The average molecular weight is 464 g/mol. The second-order valence-corrected chi connectivity index (χ2v) is 11.7. The van der Waals surface area contributed by atoms with Gasteiger partial charge in [-0.15, -0.1) is 5.10 Å². The molecule has 0 saturated heterocycles. The fourth-order valence-electron chi connectivity index (χ4n) is 2.62. The number of nitrogens with zero attached hydrogens (tertiary/aromatic N) is 2. The van der Waals surface area contributed by atoms with Crippen LogP contribution in [0.1, 0.15) is 31.1 Å². The molecule has 1 amide bonds. The normalized spacial score (nSPS) is 12.1. The number of carbonyl (C=O) groups is 1. The molecule has 31 heavy (non-hydrogen) atoms. The van der Waals surface area contributed by atoms with Crippen LogP contribution in [0, 0.1) is 0 Å². The van der Waals surface area contributed by atoms with Crippen LogP contribution in [0.3, 0.4) is 0 Å². The Bertz CT molecular complexity index is 1310. The van der Waals surface area contributed by atoms with Crippen molar-refractivity contribution in [2.75, 3.05) is 11.1 Å². The van der Waals surface area contributed by atoms with Crippen molar-refractivity contribution in [3.8, 4) is 11.5 Å². The first kappa shape index (κ1) is 22.6. The molecule has 0 unspecified atom stereocenters. The molecule has 0 bridgehead atoms. The number of benzene rings is 2. The van der Waals surface area contributed by atoms with Gasteiger partial charge in [0.05, 0.1) is 20.8 Å². The molecule has 3 rings (SSSR count). The number of anilines is 1. The maximum atomic E-state index is 12.5. The number of nitrogens with one attached hydrogen (secondary N) is 1. The summed E-state index contributed by atoms with van der Waals surface area (Å²) in [5, 5.41) is 9.42. The smallest absolute Gasteiger partial charge is 0.322 e. The summed E-state index contributed by atoms with van der Waals surface area (Å²) in [4.78, 5) is 12.7. The minimum Gasteiger partial charge on any atom is -0.403 e. The highest BCUT2D eigenvalue weighted by Crippen LogP contribution is 2.23. The summed E-state index contributed by atoms with van der Waals surface area (Å²) < 4.78 is 53.9. The Morgan fingerprint density at radius 2 is 1.68 bits per heavy atom. The van der Waals surface area contributed by atoms with Gasteiger partial charge in [-0.1, -0.05) is 18.1 Å². The summed E-state index contributed by atoms with van der Waals surface area (Å²) in [5.74, 6) is -0.532. The standard InChI is InChI=1S/C20H21N3O6S2/c1-4-30(25,26)16-10-8-14(9-11-16)19-22-23-20(29-19)21-18(24)15-6-5-7-17(12-15)31(27,28)13(2)3/h5-13H,4H2,1-3H3,(H,21,23,24). The second kappa shape index (κ2) is 8.60. The van der Waals surface area contributed by atoms with E-state index in [0.29, 0.717) is 5.56 Å². The van der Waals surface area contributed by atoms with Crippen LogP contribution in [-0.2, 0) is 19.7 Å². The summed E-state index contributed by atoms with van der Waals surface area (Å²) in [6, 6.07) is 11.4. The van der Waals surface area contributed by atoms with E-state index in [1.54, 1.807) is 20.8 Å². The van der Waals surface area contributed by atoms with Gasteiger partial charge in [0.25, 0.3) is 5.91 Å².